The molecule has 0 atom stereocenters. The van der Waals surface area contributed by atoms with Crippen molar-refractivity contribution < 1.29 is 9.14 Å². The first kappa shape index (κ1) is 18.4. The molecule has 2 heterocycles. The summed E-state index contributed by atoms with van der Waals surface area (Å²) in [7, 11) is 2.05. The van der Waals surface area contributed by atoms with Gasteiger partial charge in [-0.15, -0.1) is 0 Å². The number of fused-ring (bicyclic) bond motifs is 1. The SMILES string of the molecule is CCN=C(N)N/N=C/c1ccc(OCc2c[n+]3c(C)cccc3n2C)cc1. The molecule has 0 unspecified atom stereocenters. The Morgan fingerprint density at radius 1 is 1.26 bits per heavy atom. The van der Waals surface area contributed by atoms with Crippen molar-refractivity contribution >= 4 is 17.8 Å². The lowest BCUT2D eigenvalue weighted by molar-refractivity contribution is -0.518. The Morgan fingerprint density at radius 2 is 2.04 bits per heavy atom. The van der Waals surface area contributed by atoms with Crippen molar-refractivity contribution in [2.24, 2.45) is 22.9 Å². The standard InChI is InChI=1S/C20H25N6O/c1-4-22-20(21)24-23-12-16-8-10-18(11-9-16)27-14-17-13-26-15(2)6-5-7-19(26)25(17)3/h5-13H,4,14H2,1-3H3,(H3,21,22,24)/q+1/b23-12+. The molecule has 27 heavy (non-hydrogen) atoms. The van der Waals surface area contributed by atoms with E-state index in [1.165, 1.54) is 5.69 Å². The lowest BCUT2D eigenvalue weighted by Gasteiger charge is -2.04. The molecule has 7 nitrogen and oxygen atoms in total. The maximum Gasteiger partial charge on any atom is 0.286 e. The van der Waals surface area contributed by atoms with E-state index in [1.54, 1.807) is 6.21 Å². The molecule has 0 radical (unpaired) electrons. The first-order valence-corrected chi connectivity index (χ1v) is 8.86. The maximum atomic E-state index is 5.94. The largest absolute Gasteiger partial charge is 0.485 e. The van der Waals surface area contributed by atoms with Crippen LogP contribution in [0, 0.1) is 6.92 Å². The number of benzene rings is 1. The molecule has 0 saturated heterocycles. The van der Waals surface area contributed by atoms with Crippen LogP contribution in [0.15, 0.2) is 58.8 Å². The Balaban J connectivity index is 1.62. The average molecular weight is 365 g/mol. The van der Waals surface area contributed by atoms with Crippen LogP contribution in [0.1, 0.15) is 23.9 Å². The highest BCUT2D eigenvalue weighted by Gasteiger charge is 2.15. The van der Waals surface area contributed by atoms with E-state index in [1.807, 2.05) is 38.2 Å². The minimum absolute atomic E-state index is 0.303. The average Bonchev–Trinajstić information content (AvgIpc) is 2.99. The molecular weight excluding hydrogens is 340 g/mol. The Kier molecular flexibility index (Phi) is 5.71. The second kappa shape index (κ2) is 8.35. The third-order valence-corrected chi connectivity index (χ3v) is 4.25. The minimum Gasteiger partial charge on any atom is -0.485 e. The molecule has 0 amide bonds. The van der Waals surface area contributed by atoms with Gasteiger partial charge < -0.3 is 10.5 Å². The van der Waals surface area contributed by atoms with Crippen molar-refractivity contribution in [2.75, 3.05) is 6.54 Å². The van der Waals surface area contributed by atoms with Gasteiger partial charge in [0.05, 0.1) is 13.3 Å². The number of hydrogen-bond acceptors (Lipinski definition) is 3. The van der Waals surface area contributed by atoms with Crippen LogP contribution in [0.3, 0.4) is 0 Å². The molecule has 0 aliphatic rings. The van der Waals surface area contributed by atoms with Crippen LogP contribution in [-0.4, -0.2) is 23.3 Å². The number of rotatable bonds is 6. The van der Waals surface area contributed by atoms with Crippen molar-refractivity contribution in [2.45, 2.75) is 20.5 Å². The van der Waals surface area contributed by atoms with Crippen LogP contribution >= 0.6 is 0 Å². The third-order valence-electron chi connectivity index (χ3n) is 4.25. The Hall–Kier alpha value is -3.35. The normalized spacial score (nSPS) is 12.0. The summed E-state index contributed by atoms with van der Waals surface area (Å²) in [6.07, 6.45) is 3.80. The van der Waals surface area contributed by atoms with Crippen molar-refractivity contribution in [1.82, 2.24) is 9.99 Å². The molecule has 0 fully saturated rings. The van der Waals surface area contributed by atoms with Crippen LogP contribution < -0.4 is 20.3 Å². The third kappa shape index (κ3) is 4.44. The number of guanidine groups is 1. The lowest BCUT2D eigenvalue weighted by atomic mass is 10.2. The quantitative estimate of drug-likeness (QED) is 0.303. The number of ether oxygens (including phenoxy) is 1. The van der Waals surface area contributed by atoms with E-state index in [0.29, 0.717) is 19.1 Å². The molecule has 0 saturated carbocycles. The second-order valence-corrected chi connectivity index (χ2v) is 6.16. The van der Waals surface area contributed by atoms with Gasteiger partial charge in [-0.2, -0.15) is 9.50 Å². The van der Waals surface area contributed by atoms with Gasteiger partial charge in [0, 0.05) is 12.6 Å². The van der Waals surface area contributed by atoms with Crippen LogP contribution in [0.5, 0.6) is 5.75 Å². The summed E-state index contributed by atoms with van der Waals surface area (Å²) < 4.78 is 10.2. The van der Waals surface area contributed by atoms with Gasteiger partial charge in [0.15, 0.2) is 12.3 Å². The second-order valence-electron chi connectivity index (χ2n) is 6.16. The van der Waals surface area contributed by atoms with E-state index in [2.05, 4.69) is 55.8 Å². The van der Waals surface area contributed by atoms with Crippen molar-refractivity contribution in [1.29, 1.82) is 0 Å². The number of imidazole rings is 1. The smallest absolute Gasteiger partial charge is 0.286 e. The molecule has 0 aliphatic carbocycles. The Morgan fingerprint density at radius 3 is 2.74 bits per heavy atom. The molecule has 3 N–H and O–H groups in total. The number of nitrogens with zero attached hydrogens (tertiary/aromatic N) is 4. The molecule has 140 valence electrons. The molecule has 1 aromatic carbocycles. The fourth-order valence-electron chi connectivity index (χ4n) is 2.76. The molecular formula is C20H25N6O+. The van der Waals surface area contributed by atoms with Gasteiger partial charge in [-0.25, -0.2) is 9.99 Å². The number of aromatic nitrogens is 2. The van der Waals surface area contributed by atoms with E-state index in [9.17, 15) is 0 Å². The Bertz CT molecular complexity index is 972. The van der Waals surface area contributed by atoms with Gasteiger partial charge in [-0.05, 0) is 49.7 Å². The maximum absolute atomic E-state index is 5.94. The van der Waals surface area contributed by atoms with Gasteiger partial charge in [-0.3, -0.25) is 4.99 Å². The van der Waals surface area contributed by atoms with Gasteiger partial charge in [0.1, 0.15) is 17.6 Å². The summed E-state index contributed by atoms with van der Waals surface area (Å²) in [5.41, 5.74) is 12.7. The summed E-state index contributed by atoms with van der Waals surface area (Å²) in [6, 6.07) is 14.0. The molecule has 3 aromatic rings. The van der Waals surface area contributed by atoms with E-state index in [4.69, 9.17) is 10.5 Å². The highest BCUT2D eigenvalue weighted by molar-refractivity contribution is 5.83. The zero-order chi connectivity index (χ0) is 19.2. The summed E-state index contributed by atoms with van der Waals surface area (Å²) in [5.74, 6) is 1.11. The first-order valence-electron chi connectivity index (χ1n) is 8.86. The highest BCUT2D eigenvalue weighted by atomic mass is 16.5. The van der Waals surface area contributed by atoms with Gasteiger partial charge in [0.2, 0.25) is 5.96 Å². The predicted molar refractivity (Wildman–Crippen MR) is 107 cm³/mol. The number of aliphatic imine (C=N–C) groups is 1. The summed E-state index contributed by atoms with van der Waals surface area (Å²) in [4.78, 5) is 4.00. The fraction of sp³-hybridized carbons (Fsp3) is 0.250. The van der Waals surface area contributed by atoms with E-state index in [0.717, 1.165) is 22.7 Å². The fourth-order valence-corrected chi connectivity index (χ4v) is 2.76. The van der Waals surface area contributed by atoms with Crippen molar-refractivity contribution in [3.05, 3.63) is 65.6 Å². The number of pyridine rings is 1. The minimum atomic E-state index is 0.303. The van der Waals surface area contributed by atoms with Crippen molar-refractivity contribution in [3.8, 4) is 5.75 Å². The van der Waals surface area contributed by atoms with Crippen LogP contribution in [-0.2, 0) is 13.7 Å². The van der Waals surface area contributed by atoms with E-state index >= 15 is 0 Å². The van der Waals surface area contributed by atoms with E-state index in [-0.39, 0.29) is 0 Å². The number of nitrogens with two attached hydrogens (primary N) is 1. The van der Waals surface area contributed by atoms with E-state index < -0.39 is 0 Å². The summed E-state index contributed by atoms with van der Waals surface area (Å²) >= 11 is 0. The van der Waals surface area contributed by atoms with Gasteiger partial charge in [-0.1, -0.05) is 6.07 Å². The number of nitrogens with one attached hydrogen (secondary N) is 1. The number of hydrogen-bond donors (Lipinski definition) is 2. The Labute approximate surface area is 158 Å². The molecule has 2 aromatic heterocycles. The monoisotopic (exact) mass is 365 g/mol. The lowest BCUT2D eigenvalue weighted by Crippen LogP contribution is -2.27. The topological polar surface area (TPSA) is 81.0 Å². The summed E-state index contributed by atoms with van der Waals surface area (Å²) in [5, 5.41) is 4.05. The van der Waals surface area contributed by atoms with Crippen LogP contribution in [0.4, 0.5) is 0 Å². The van der Waals surface area contributed by atoms with Crippen molar-refractivity contribution in [3.63, 3.8) is 0 Å². The van der Waals surface area contributed by atoms with Gasteiger partial charge >= 0.3 is 0 Å². The first-order chi connectivity index (χ1) is 13.1. The molecule has 3 rings (SSSR count). The highest BCUT2D eigenvalue weighted by Crippen LogP contribution is 2.14. The number of aryl methyl sites for hydroxylation is 2. The zero-order valence-corrected chi connectivity index (χ0v) is 15.9. The van der Waals surface area contributed by atoms with Gasteiger partial charge in [0.25, 0.3) is 5.65 Å². The predicted octanol–water partition coefficient (Wildman–Crippen LogP) is 1.91. The zero-order valence-electron chi connectivity index (χ0n) is 15.9. The van der Waals surface area contributed by atoms with Crippen LogP contribution in [0.25, 0.3) is 5.65 Å². The molecule has 7 heteroatoms. The van der Waals surface area contributed by atoms with Crippen LogP contribution in [0.2, 0.25) is 0 Å². The molecule has 0 aliphatic heterocycles. The number of hydrazone groups is 1. The summed E-state index contributed by atoms with van der Waals surface area (Å²) in [6.45, 7) is 5.12. The molecule has 0 spiro atoms. The molecule has 0 bridgehead atoms.